The molecule has 0 fully saturated rings. The molecule has 0 aliphatic rings. The maximum atomic E-state index is 11.5. The lowest BCUT2D eigenvalue weighted by Crippen LogP contribution is -2.08. The van der Waals surface area contributed by atoms with Gasteiger partial charge in [0, 0.05) is 6.20 Å². The van der Waals surface area contributed by atoms with E-state index in [2.05, 4.69) is 9.72 Å². The minimum absolute atomic E-state index is 0.0896. The Morgan fingerprint density at radius 1 is 1.53 bits per heavy atom. The molecular formula is C10H11NO3S. The first-order valence-electron chi connectivity index (χ1n) is 4.25. The minimum atomic E-state index is -0.462. The topological polar surface area (TPSA) is 56.3 Å². The van der Waals surface area contributed by atoms with Crippen LogP contribution in [0.4, 0.5) is 0 Å². The zero-order valence-corrected chi connectivity index (χ0v) is 9.34. The number of hydrogen-bond acceptors (Lipinski definition) is 5. The number of thioether (sulfide) groups is 1. The van der Waals surface area contributed by atoms with Crippen molar-refractivity contribution in [3.63, 3.8) is 0 Å². The van der Waals surface area contributed by atoms with Crippen molar-refractivity contribution >= 4 is 23.5 Å². The van der Waals surface area contributed by atoms with E-state index in [0.29, 0.717) is 17.0 Å². The first kappa shape index (κ1) is 11.7. The third-order valence-corrected chi connectivity index (χ3v) is 2.29. The van der Waals surface area contributed by atoms with Crippen molar-refractivity contribution in [1.29, 1.82) is 0 Å². The number of aromatic nitrogens is 1. The van der Waals surface area contributed by atoms with E-state index < -0.39 is 5.97 Å². The van der Waals surface area contributed by atoms with Gasteiger partial charge in [-0.25, -0.2) is 4.79 Å². The Morgan fingerprint density at radius 2 is 2.27 bits per heavy atom. The van der Waals surface area contributed by atoms with Gasteiger partial charge < -0.3 is 4.74 Å². The number of rotatable bonds is 4. The number of carbonyl (C=O) groups is 2. The second-order valence-electron chi connectivity index (χ2n) is 2.78. The minimum Gasteiger partial charge on any atom is -0.465 e. The highest BCUT2D eigenvalue weighted by Crippen LogP contribution is 2.06. The number of ether oxygens (including phenoxy) is 1. The number of nitrogens with zero attached hydrogens (tertiary/aromatic N) is 1. The Labute approximate surface area is 92.0 Å². The summed E-state index contributed by atoms with van der Waals surface area (Å²) in [6, 6.07) is 2.96. The van der Waals surface area contributed by atoms with Crippen LogP contribution in [0.2, 0.25) is 0 Å². The summed E-state index contributed by atoms with van der Waals surface area (Å²) in [7, 11) is 1.30. The van der Waals surface area contributed by atoms with E-state index in [1.54, 1.807) is 0 Å². The fourth-order valence-corrected chi connectivity index (χ4v) is 1.44. The molecule has 1 aromatic heterocycles. The summed E-state index contributed by atoms with van der Waals surface area (Å²) in [6.45, 7) is 0. The van der Waals surface area contributed by atoms with Gasteiger partial charge in [-0.05, 0) is 18.4 Å². The maximum absolute atomic E-state index is 11.5. The molecule has 0 N–H and O–H groups in total. The SMILES string of the molecule is COC(=O)c1ccnc(C(=O)CSC)c1. The lowest BCUT2D eigenvalue weighted by Gasteiger charge is -2.01. The van der Waals surface area contributed by atoms with Crippen LogP contribution in [0.5, 0.6) is 0 Å². The van der Waals surface area contributed by atoms with E-state index in [9.17, 15) is 9.59 Å². The van der Waals surface area contributed by atoms with Gasteiger partial charge in [0.15, 0.2) is 5.78 Å². The molecule has 0 saturated heterocycles. The molecule has 0 unspecified atom stereocenters. The van der Waals surface area contributed by atoms with Crippen LogP contribution in [0, 0.1) is 0 Å². The number of ketones is 1. The molecule has 0 aliphatic carbocycles. The van der Waals surface area contributed by atoms with Crippen LogP contribution in [-0.2, 0) is 4.74 Å². The van der Waals surface area contributed by atoms with Crippen LogP contribution in [0.3, 0.4) is 0 Å². The van der Waals surface area contributed by atoms with Crippen LogP contribution in [0.25, 0.3) is 0 Å². The summed E-state index contributed by atoms with van der Waals surface area (Å²) in [6.07, 6.45) is 3.27. The lowest BCUT2D eigenvalue weighted by atomic mass is 10.2. The van der Waals surface area contributed by atoms with E-state index in [4.69, 9.17) is 0 Å². The van der Waals surface area contributed by atoms with Crippen LogP contribution in [-0.4, -0.2) is 35.9 Å². The molecule has 0 radical (unpaired) electrons. The van der Waals surface area contributed by atoms with Gasteiger partial charge >= 0.3 is 5.97 Å². The summed E-state index contributed by atoms with van der Waals surface area (Å²) >= 11 is 1.42. The van der Waals surface area contributed by atoms with Crippen molar-refractivity contribution in [2.24, 2.45) is 0 Å². The lowest BCUT2D eigenvalue weighted by molar-refractivity contribution is 0.0600. The van der Waals surface area contributed by atoms with Crippen molar-refractivity contribution in [2.45, 2.75) is 0 Å². The highest BCUT2D eigenvalue weighted by molar-refractivity contribution is 7.99. The van der Waals surface area contributed by atoms with Gasteiger partial charge in [-0.2, -0.15) is 11.8 Å². The van der Waals surface area contributed by atoms with Crippen LogP contribution in [0.15, 0.2) is 18.3 Å². The standard InChI is InChI=1S/C10H11NO3S/c1-14-10(13)7-3-4-11-8(5-7)9(12)6-15-2/h3-5H,6H2,1-2H3. The zero-order valence-electron chi connectivity index (χ0n) is 8.52. The molecule has 0 spiro atoms. The van der Waals surface area contributed by atoms with Crippen molar-refractivity contribution in [3.05, 3.63) is 29.6 Å². The molecule has 1 heterocycles. The molecule has 1 rings (SSSR count). The number of carbonyl (C=O) groups excluding carboxylic acids is 2. The molecule has 0 atom stereocenters. The molecule has 0 bridgehead atoms. The molecule has 0 aromatic carbocycles. The van der Waals surface area contributed by atoms with Crippen LogP contribution >= 0.6 is 11.8 Å². The summed E-state index contributed by atoms with van der Waals surface area (Å²) in [5.74, 6) is -0.193. The van der Waals surface area contributed by atoms with Gasteiger partial charge in [-0.3, -0.25) is 9.78 Å². The largest absolute Gasteiger partial charge is 0.465 e. The van der Waals surface area contributed by atoms with Crippen molar-refractivity contribution in [1.82, 2.24) is 4.98 Å². The van der Waals surface area contributed by atoms with E-state index in [-0.39, 0.29) is 5.78 Å². The predicted molar refractivity (Wildman–Crippen MR) is 58.3 cm³/mol. The monoisotopic (exact) mass is 225 g/mol. The highest BCUT2D eigenvalue weighted by atomic mass is 32.2. The van der Waals surface area contributed by atoms with Gasteiger partial charge in [0.1, 0.15) is 5.69 Å². The fourth-order valence-electron chi connectivity index (χ4n) is 1.03. The summed E-state index contributed by atoms with van der Waals surface area (Å²) in [5, 5.41) is 0. The van der Waals surface area contributed by atoms with Gasteiger partial charge in [-0.1, -0.05) is 0 Å². The normalized spacial score (nSPS) is 9.73. The predicted octanol–water partition coefficient (Wildman–Crippen LogP) is 1.41. The Morgan fingerprint density at radius 3 is 2.87 bits per heavy atom. The van der Waals surface area contributed by atoms with Crippen LogP contribution in [0.1, 0.15) is 20.8 Å². The average molecular weight is 225 g/mol. The average Bonchev–Trinajstić information content (AvgIpc) is 2.28. The fraction of sp³-hybridized carbons (Fsp3) is 0.300. The molecule has 5 heteroatoms. The molecule has 80 valence electrons. The summed E-state index contributed by atoms with van der Waals surface area (Å²) in [5.41, 5.74) is 0.643. The maximum Gasteiger partial charge on any atom is 0.337 e. The van der Waals surface area contributed by atoms with E-state index in [0.717, 1.165) is 0 Å². The smallest absolute Gasteiger partial charge is 0.337 e. The number of pyridine rings is 1. The second kappa shape index (κ2) is 5.50. The van der Waals surface area contributed by atoms with Crippen molar-refractivity contribution in [3.8, 4) is 0 Å². The first-order valence-corrected chi connectivity index (χ1v) is 5.65. The molecule has 1 aromatic rings. The van der Waals surface area contributed by atoms with Crippen LogP contribution < -0.4 is 0 Å². The number of methoxy groups -OCH3 is 1. The Bertz CT molecular complexity index is 379. The zero-order chi connectivity index (χ0) is 11.3. The van der Waals surface area contributed by atoms with Crippen molar-refractivity contribution in [2.75, 3.05) is 19.1 Å². The second-order valence-corrected chi connectivity index (χ2v) is 3.64. The molecule has 15 heavy (non-hydrogen) atoms. The van der Waals surface area contributed by atoms with Gasteiger partial charge in [-0.15, -0.1) is 0 Å². The molecule has 0 saturated carbocycles. The van der Waals surface area contributed by atoms with E-state index in [1.807, 2.05) is 6.26 Å². The quantitative estimate of drug-likeness (QED) is 0.573. The molecule has 0 amide bonds. The number of hydrogen-bond donors (Lipinski definition) is 0. The Hall–Kier alpha value is -1.36. The van der Waals surface area contributed by atoms with E-state index >= 15 is 0 Å². The Kier molecular flexibility index (Phi) is 4.30. The first-order chi connectivity index (χ1) is 7.19. The molecular weight excluding hydrogens is 214 g/mol. The summed E-state index contributed by atoms with van der Waals surface area (Å²) < 4.78 is 4.55. The van der Waals surface area contributed by atoms with Crippen molar-refractivity contribution < 1.29 is 14.3 Å². The third kappa shape index (κ3) is 3.06. The molecule has 0 aliphatic heterocycles. The highest BCUT2D eigenvalue weighted by Gasteiger charge is 2.11. The summed E-state index contributed by atoms with van der Waals surface area (Å²) in [4.78, 5) is 26.6. The molecule has 4 nitrogen and oxygen atoms in total. The van der Waals surface area contributed by atoms with E-state index in [1.165, 1.54) is 37.2 Å². The van der Waals surface area contributed by atoms with Gasteiger partial charge in [0.05, 0.1) is 18.4 Å². The number of esters is 1. The third-order valence-electron chi connectivity index (χ3n) is 1.74. The van der Waals surface area contributed by atoms with Gasteiger partial charge in [0.2, 0.25) is 0 Å². The van der Waals surface area contributed by atoms with Gasteiger partial charge in [0.25, 0.3) is 0 Å². The Balaban J connectivity index is 2.92. The number of Topliss-reactive ketones (excluding diaryl/α,β-unsaturated/α-hetero) is 1.